The Morgan fingerprint density at radius 3 is 2.37 bits per heavy atom. The first kappa shape index (κ1) is 14.6. The molecule has 0 radical (unpaired) electrons. The van der Waals surface area contributed by atoms with E-state index in [1.165, 1.54) is 15.6 Å². The second-order valence-electron chi connectivity index (χ2n) is 4.23. The third kappa shape index (κ3) is 2.70. The lowest BCUT2D eigenvalue weighted by atomic mass is 10.2. The van der Waals surface area contributed by atoms with Crippen molar-refractivity contribution in [3.63, 3.8) is 0 Å². The zero-order valence-electron chi connectivity index (χ0n) is 10.8. The van der Waals surface area contributed by atoms with Gasteiger partial charge in [-0.2, -0.15) is 0 Å². The van der Waals surface area contributed by atoms with Gasteiger partial charge in [0.05, 0.1) is 9.47 Å². The van der Waals surface area contributed by atoms with Gasteiger partial charge in [-0.25, -0.2) is 8.42 Å². The Balaban J connectivity index is 2.52. The summed E-state index contributed by atoms with van der Waals surface area (Å²) in [6.07, 6.45) is 0. The molecule has 0 spiro atoms. The van der Waals surface area contributed by atoms with Crippen LogP contribution >= 0.6 is 27.3 Å². The van der Waals surface area contributed by atoms with Gasteiger partial charge in [0, 0.05) is 11.9 Å². The van der Waals surface area contributed by atoms with E-state index in [1.54, 1.807) is 13.1 Å². The standard InChI is InChI=1S/C13H14BrNO2S2/c1-9-6-4-5-7-11(9)15(3)19(16,17)12-8-13(14)18-10(12)2/h4-8H,1-3H3. The van der Waals surface area contributed by atoms with Crippen LogP contribution in [0.25, 0.3) is 0 Å². The molecule has 102 valence electrons. The van der Waals surface area contributed by atoms with Crippen molar-refractivity contribution in [2.24, 2.45) is 0 Å². The summed E-state index contributed by atoms with van der Waals surface area (Å²) in [4.78, 5) is 1.14. The van der Waals surface area contributed by atoms with Crippen LogP contribution in [0.1, 0.15) is 10.4 Å². The van der Waals surface area contributed by atoms with Crippen LogP contribution in [0.3, 0.4) is 0 Å². The highest BCUT2D eigenvalue weighted by molar-refractivity contribution is 9.11. The number of hydrogen-bond acceptors (Lipinski definition) is 3. The molecular formula is C13H14BrNO2S2. The molecule has 0 aliphatic rings. The molecule has 6 heteroatoms. The van der Waals surface area contributed by atoms with Gasteiger partial charge in [-0.3, -0.25) is 4.31 Å². The van der Waals surface area contributed by atoms with Gasteiger partial charge in [-0.15, -0.1) is 11.3 Å². The molecule has 0 saturated heterocycles. The third-order valence-electron chi connectivity index (χ3n) is 2.94. The second-order valence-corrected chi connectivity index (χ2v) is 8.80. The molecule has 1 heterocycles. The van der Waals surface area contributed by atoms with Crippen LogP contribution in [0.15, 0.2) is 39.0 Å². The van der Waals surface area contributed by atoms with Gasteiger partial charge < -0.3 is 0 Å². The summed E-state index contributed by atoms with van der Waals surface area (Å²) in [5.41, 5.74) is 1.63. The minimum atomic E-state index is -3.51. The van der Waals surface area contributed by atoms with E-state index in [2.05, 4.69) is 15.9 Å². The molecule has 0 atom stereocenters. The van der Waals surface area contributed by atoms with Crippen molar-refractivity contribution in [1.29, 1.82) is 0 Å². The van der Waals surface area contributed by atoms with Gasteiger partial charge in [-0.1, -0.05) is 18.2 Å². The Kier molecular flexibility index (Phi) is 4.03. The van der Waals surface area contributed by atoms with Gasteiger partial charge in [-0.05, 0) is 47.5 Å². The second kappa shape index (κ2) is 5.26. The van der Waals surface area contributed by atoms with E-state index in [0.717, 1.165) is 14.2 Å². The number of halogens is 1. The van der Waals surface area contributed by atoms with Crippen LogP contribution in [0.5, 0.6) is 0 Å². The lowest BCUT2D eigenvalue weighted by Gasteiger charge is -2.21. The van der Waals surface area contributed by atoms with Crippen molar-refractivity contribution >= 4 is 43.0 Å². The van der Waals surface area contributed by atoms with E-state index in [1.807, 2.05) is 38.1 Å². The molecule has 0 amide bonds. The molecule has 1 aromatic heterocycles. The summed E-state index contributed by atoms with van der Waals surface area (Å²) in [6, 6.07) is 9.10. The average Bonchev–Trinajstić information content (AvgIpc) is 2.69. The van der Waals surface area contributed by atoms with Crippen LogP contribution in [0.4, 0.5) is 5.69 Å². The lowest BCUT2D eigenvalue weighted by Crippen LogP contribution is -2.27. The van der Waals surface area contributed by atoms with Gasteiger partial charge in [0.2, 0.25) is 0 Å². The predicted molar refractivity (Wildman–Crippen MR) is 83.5 cm³/mol. The van der Waals surface area contributed by atoms with Crippen molar-refractivity contribution in [2.45, 2.75) is 18.7 Å². The fraction of sp³-hybridized carbons (Fsp3) is 0.231. The Bertz CT molecular complexity index is 707. The topological polar surface area (TPSA) is 37.4 Å². The number of thiophene rings is 1. The first-order valence-electron chi connectivity index (χ1n) is 5.64. The van der Waals surface area contributed by atoms with E-state index < -0.39 is 10.0 Å². The summed E-state index contributed by atoms with van der Waals surface area (Å²) in [5, 5.41) is 0. The minimum Gasteiger partial charge on any atom is -0.269 e. The van der Waals surface area contributed by atoms with Gasteiger partial charge in [0.1, 0.15) is 4.90 Å². The zero-order valence-corrected chi connectivity index (χ0v) is 14.1. The summed E-state index contributed by atoms with van der Waals surface area (Å²) in [5.74, 6) is 0. The summed E-state index contributed by atoms with van der Waals surface area (Å²) in [7, 11) is -1.92. The maximum Gasteiger partial charge on any atom is 0.265 e. The normalized spacial score (nSPS) is 11.6. The largest absolute Gasteiger partial charge is 0.269 e. The number of benzene rings is 1. The molecule has 19 heavy (non-hydrogen) atoms. The smallest absolute Gasteiger partial charge is 0.265 e. The molecule has 2 rings (SSSR count). The van der Waals surface area contributed by atoms with Crippen LogP contribution in [0.2, 0.25) is 0 Å². The molecule has 0 unspecified atom stereocenters. The fourth-order valence-corrected chi connectivity index (χ4v) is 5.52. The molecule has 0 aliphatic carbocycles. The van der Waals surface area contributed by atoms with Crippen molar-refractivity contribution in [1.82, 2.24) is 0 Å². The number of anilines is 1. The molecular weight excluding hydrogens is 346 g/mol. The van der Waals surface area contributed by atoms with Crippen molar-refractivity contribution in [3.05, 3.63) is 44.6 Å². The number of sulfonamides is 1. The highest BCUT2D eigenvalue weighted by Gasteiger charge is 2.25. The molecule has 0 fully saturated rings. The number of hydrogen-bond donors (Lipinski definition) is 0. The zero-order chi connectivity index (χ0) is 14.2. The molecule has 0 bridgehead atoms. The van der Waals surface area contributed by atoms with E-state index in [4.69, 9.17) is 0 Å². The summed E-state index contributed by atoms with van der Waals surface area (Å²) in [6.45, 7) is 3.71. The Labute approximate surface area is 126 Å². The molecule has 0 saturated carbocycles. The maximum atomic E-state index is 12.6. The van der Waals surface area contributed by atoms with Gasteiger partial charge >= 0.3 is 0 Å². The van der Waals surface area contributed by atoms with Crippen LogP contribution in [-0.2, 0) is 10.0 Å². The molecule has 3 nitrogen and oxygen atoms in total. The summed E-state index contributed by atoms with van der Waals surface area (Å²) >= 11 is 4.75. The van der Waals surface area contributed by atoms with Crippen LogP contribution in [0, 0.1) is 13.8 Å². The van der Waals surface area contributed by atoms with Gasteiger partial charge in [0.15, 0.2) is 0 Å². The molecule has 0 N–H and O–H groups in total. The Morgan fingerprint density at radius 2 is 1.84 bits per heavy atom. The number of aryl methyl sites for hydroxylation is 2. The highest BCUT2D eigenvalue weighted by atomic mass is 79.9. The average molecular weight is 360 g/mol. The predicted octanol–water partition coefficient (Wildman–Crippen LogP) is 3.95. The Morgan fingerprint density at radius 1 is 1.21 bits per heavy atom. The maximum absolute atomic E-state index is 12.6. The first-order valence-corrected chi connectivity index (χ1v) is 8.69. The third-order valence-corrected chi connectivity index (χ3v) is 6.52. The van der Waals surface area contributed by atoms with Crippen molar-refractivity contribution in [2.75, 3.05) is 11.4 Å². The lowest BCUT2D eigenvalue weighted by molar-refractivity contribution is 0.594. The number of para-hydroxylation sites is 1. The number of rotatable bonds is 3. The first-order chi connectivity index (χ1) is 8.84. The molecule has 1 aromatic carbocycles. The van der Waals surface area contributed by atoms with Crippen LogP contribution < -0.4 is 4.31 Å². The van der Waals surface area contributed by atoms with Crippen molar-refractivity contribution < 1.29 is 8.42 Å². The molecule has 2 aromatic rings. The Hall–Kier alpha value is -0.850. The van der Waals surface area contributed by atoms with Crippen LogP contribution in [-0.4, -0.2) is 15.5 Å². The fourth-order valence-electron chi connectivity index (χ4n) is 1.88. The highest BCUT2D eigenvalue weighted by Crippen LogP contribution is 2.33. The van der Waals surface area contributed by atoms with E-state index in [9.17, 15) is 8.42 Å². The quantitative estimate of drug-likeness (QED) is 0.831. The minimum absolute atomic E-state index is 0.357. The SMILES string of the molecule is Cc1ccccc1N(C)S(=O)(=O)c1cc(Br)sc1C. The van der Waals surface area contributed by atoms with E-state index in [0.29, 0.717) is 10.6 Å². The van der Waals surface area contributed by atoms with Crippen molar-refractivity contribution in [3.8, 4) is 0 Å². The van der Waals surface area contributed by atoms with E-state index >= 15 is 0 Å². The summed E-state index contributed by atoms with van der Waals surface area (Å²) < 4.78 is 27.4. The number of nitrogens with zero attached hydrogens (tertiary/aromatic N) is 1. The monoisotopic (exact) mass is 359 g/mol. The molecule has 0 aliphatic heterocycles. The van der Waals surface area contributed by atoms with Gasteiger partial charge in [0.25, 0.3) is 10.0 Å². The van der Waals surface area contributed by atoms with E-state index in [-0.39, 0.29) is 0 Å².